The van der Waals surface area contributed by atoms with E-state index in [1.54, 1.807) is 0 Å². The Kier molecular flexibility index (Phi) is 49.4. The zero-order chi connectivity index (χ0) is 94.7. The van der Waals surface area contributed by atoms with Gasteiger partial charge in [-0.05, 0) is 367 Å². The van der Waals surface area contributed by atoms with Gasteiger partial charge in [-0.15, -0.1) is 0 Å². The van der Waals surface area contributed by atoms with E-state index >= 15 is 0 Å². The molecular weight excluding hydrogens is 2070 g/mol. The molecule has 0 aliphatic rings. The van der Waals surface area contributed by atoms with Crippen LogP contribution in [0.1, 0.15) is 0 Å². The quantitative estimate of drug-likeness (QED) is 0.0511. The summed E-state index contributed by atoms with van der Waals surface area (Å²) < 4.78 is 208. The minimum absolute atomic E-state index is 1.65. The third-order valence-electron chi connectivity index (χ3n) is 14.3. The third-order valence-corrected chi connectivity index (χ3v) is 129. The summed E-state index contributed by atoms with van der Waals surface area (Å²) in [5.41, 5.74) is 0. The van der Waals surface area contributed by atoms with E-state index in [4.69, 9.17) is 128 Å². The third kappa shape index (κ3) is 62.1. The van der Waals surface area contributed by atoms with Crippen LogP contribution in [0.25, 0.3) is 0 Å². The highest BCUT2D eigenvalue weighted by Gasteiger charge is 2.56. The first kappa shape index (κ1) is 125. The van der Waals surface area contributed by atoms with Crippen LogP contribution in [0.5, 0.6) is 0 Å². The molecule has 0 amide bonds. The van der Waals surface area contributed by atoms with Crippen LogP contribution in [0.15, 0.2) is 0 Å². The van der Waals surface area contributed by atoms with E-state index in [0.717, 1.165) is 0 Å². The van der Waals surface area contributed by atoms with Crippen molar-refractivity contribution in [1.29, 1.82) is 0 Å². The van der Waals surface area contributed by atoms with Gasteiger partial charge in [0.15, 0.2) is 16.6 Å². The van der Waals surface area contributed by atoms with Crippen molar-refractivity contribution in [1.82, 2.24) is 0 Å². The van der Waals surface area contributed by atoms with Gasteiger partial charge in [0.05, 0.1) is 0 Å². The Morgan fingerprint density at radius 2 is 0.193 bits per heavy atom. The number of hydrogen-bond acceptors (Lipinski definition) is 31. The van der Waals surface area contributed by atoms with Crippen LogP contribution < -0.4 is 0 Å². The van der Waals surface area contributed by atoms with E-state index in [0.29, 0.717) is 0 Å². The Morgan fingerprint density at radius 3 is 0.303 bits per heavy atom. The monoisotopic (exact) mass is 2240 g/mol. The highest BCUT2D eigenvalue weighted by molar-refractivity contribution is 6.97. The molecule has 0 aromatic carbocycles. The summed E-state index contributed by atoms with van der Waals surface area (Å²) in [6, 6.07) is 0. The topological polar surface area (TPSA) is 286 Å². The van der Waals surface area contributed by atoms with Crippen molar-refractivity contribution in [2.45, 2.75) is 367 Å². The molecular formula is C56H178O31Si32. The SMILES string of the molecule is C[SiH](O[SiH](C)O[SiH](C)O[SiH](C)O[SiH](C)O[SiH](C)O[Si](C)(C)O[Si](C)(C)O[Si](C)(C)O[Si](C)(C)O[Si](C)(C)O[Si](C)(C)O[Si](C)(C)O[Si](C)(C)O[Si](C)(C)O[Si](C)(C)O[Si](C)(C)O[Si](C)(C)O[Si](C)(C)O[Si](C)(C)O[Si](C)(C)O[Si](C)(C)O[Si](C)(C)O[Si](C)(C)O[Si](C)(C)O[Si](C)(C)O[Si](C)(C)C)O[SiH](C)O[SiH](C)O[SiH](C)O[SiH](C)O[Si](C)(C)C. The van der Waals surface area contributed by atoms with Crippen LogP contribution in [-0.4, -0.2) is 281 Å². The molecule has 10 unspecified atom stereocenters. The Balaban J connectivity index is 5.65. The molecule has 0 aliphatic carbocycles. The van der Waals surface area contributed by atoms with Gasteiger partial charge in [0.1, 0.15) is 0 Å². The largest absolute Gasteiger partial charge is 0.439 e. The molecule has 31 nitrogen and oxygen atoms in total. The maximum Gasteiger partial charge on any atom is 0.314 e. The van der Waals surface area contributed by atoms with E-state index < -0.39 is 281 Å². The fraction of sp³-hybridized carbons (Fsp3) is 1.00. The molecule has 0 saturated heterocycles. The van der Waals surface area contributed by atoms with Crippen LogP contribution in [0.2, 0.25) is 367 Å². The van der Waals surface area contributed by atoms with E-state index in [1.165, 1.54) is 0 Å². The van der Waals surface area contributed by atoms with E-state index in [1.807, 2.05) is 98.2 Å². The summed E-state index contributed by atoms with van der Waals surface area (Å²) in [6.07, 6.45) is 0. The zero-order valence-corrected chi connectivity index (χ0v) is 119. The first-order chi connectivity index (χ1) is 51.8. The lowest BCUT2D eigenvalue weighted by Gasteiger charge is -2.45. The molecule has 0 heterocycles. The summed E-state index contributed by atoms with van der Waals surface area (Å²) in [7, 11) is -80.2. The average Bonchev–Trinajstić information content (AvgIpc) is 0.794. The van der Waals surface area contributed by atoms with Gasteiger partial charge in [-0.3, -0.25) is 0 Å². The summed E-state index contributed by atoms with van der Waals surface area (Å²) in [5, 5.41) is 0. The van der Waals surface area contributed by atoms with Crippen molar-refractivity contribution in [2.75, 3.05) is 0 Å². The van der Waals surface area contributed by atoms with Crippen molar-refractivity contribution in [3.8, 4) is 0 Å². The fourth-order valence-electron chi connectivity index (χ4n) is 16.0. The molecule has 10 atom stereocenters. The molecule has 0 aliphatic heterocycles. The molecule has 716 valence electrons. The highest BCUT2D eigenvalue weighted by Crippen LogP contribution is 2.36. The van der Waals surface area contributed by atoms with Crippen LogP contribution >= 0.6 is 0 Å². The predicted molar refractivity (Wildman–Crippen MR) is 560 cm³/mol. The van der Waals surface area contributed by atoms with Gasteiger partial charge in [0.2, 0.25) is 0 Å². The van der Waals surface area contributed by atoms with Gasteiger partial charge in [-0.1, -0.05) is 0 Å². The summed E-state index contributed by atoms with van der Waals surface area (Å²) in [5.74, 6) is 0. The molecule has 0 bridgehead atoms. The van der Waals surface area contributed by atoms with Crippen LogP contribution in [-0.2, 0) is 128 Å². The van der Waals surface area contributed by atoms with Crippen molar-refractivity contribution < 1.29 is 128 Å². The molecule has 0 saturated carbocycles. The smallest absolute Gasteiger partial charge is 0.314 e. The minimum atomic E-state index is -2.92. The van der Waals surface area contributed by atoms with Crippen molar-refractivity contribution in [3.63, 3.8) is 0 Å². The summed E-state index contributed by atoms with van der Waals surface area (Å²) in [4.78, 5) is 0. The summed E-state index contributed by atoms with van der Waals surface area (Å²) >= 11 is 0. The molecule has 0 N–H and O–H groups in total. The molecule has 0 radical (unpaired) electrons. The first-order valence-electron chi connectivity index (χ1n) is 42.1. The van der Waals surface area contributed by atoms with Gasteiger partial charge in [-0.25, -0.2) is 0 Å². The van der Waals surface area contributed by atoms with E-state index in [-0.39, 0.29) is 0 Å². The molecule has 119 heavy (non-hydrogen) atoms. The van der Waals surface area contributed by atoms with Gasteiger partial charge < -0.3 is 128 Å². The molecule has 0 aromatic heterocycles. The highest BCUT2D eigenvalue weighted by atomic mass is 28.6. The van der Waals surface area contributed by atoms with Crippen LogP contribution in [0.4, 0.5) is 0 Å². The lowest BCUT2D eigenvalue weighted by atomic mass is 11.8. The Labute approximate surface area is 767 Å². The van der Waals surface area contributed by atoms with Gasteiger partial charge in [0, 0.05) is 0 Å². The average molecular weight is 2250 g/mol. The fourth-order valence-corrected chi connectivity index (χ4v) is 158. The standard InChI is InChI=1S/C56H178O31Si32/c1-88(58-90(3)60-92(5)62-94(7)64-96(9)66-98(11,12)13)57-89(2)59-91(4)61-93(6)63-95(8)65-97(10)67-100(17,18)69-102(21,22)71-104(25,26)73-106(29,30)75-108(33,34)77-110(37,38)79-112(41,42)81-114(45,46)83-116(49,50)85-118(53,54)87-119(55,56)86-117(51,52)84-115(47,48)82-113(43,44)80-111(39,40)78-109(35,36)76-107(31,32)74-105(27,28)72-103(23,24)70-101(19,20)68-99(14,15)16/h88-97H,1-56H3. The second kappa shape index (κ2) is 47.2. The summed E-state index contributed by atoms with van der Waals surface area (Å²) in [6.45, 7) is 116. The normalized spacial score (nSPS) is 17.9. The molecule has 0 aromatic rings. The van der Waals surface area contributed by atoms with Crippen molar-refractivity contribution in [2.24, 2.45) is 0 Å². The Hall–Kier alpha value is 5.70. The molecule has 63 heteroatoms. The second-order valence-electron chi connectivity index (χ2n) is 41.4. The zero-order valence-electron chi connectivity index (χ0n) is 85.4. The van der Waals surface area contributed by atoms with Gasteiger partial charge in [-0.2, -0.15) is 0 Å². The Morgan fingerprint density at radius 1 is 0.101 bits per heavy atom. The van der Waals surface area contributed by atoms with Crippen molar-refractivity contribution in [3.05, 3.63) is 0 Å². The maximum atomic E-state index is 7.01. The maximum absolute atomic E-state index is 7.01. The van der Waals surface area contributed by atoms with Crippen molar-refractivity contribution >= 4 is 281 Å². The van der Waals surface area contributed by atoms with Gasteiger partial charge >= 0.3 is 171 Å². The van der Waals surface area contributed by atoms with Crippen LogP contribution in [0.3, 0.4) is 0 Å². The minimum Gasteiger partial charge on any atom is -0.439 e. The van der Waals surface area contributed by atoms with Crippen LogP contribution in [0, 0.1) is 0 Å². The Bertz CT molecular complexity index is 3010. The number of rotatable bonds is 62. The molecule has 0 fully saturated rings. The lowest BCUT2D eigenvalue weighted by Crippen LogP contribution is -2.63. The first-order valence-corrected chi connectivity index (χ1v) is 126. The predicted octanol–water partition coefficient (Wildman–Crippen LogP) is 15.7. The van der Waals surface area contributed by atoms with E-state index in [2.05, 4.69) is 268 Å². The second-order valence-corrected chi connectivity index (χ2v) is 145. The molecule has 0 rings (SSSR count). The van der Waals surface area contributed by atoms with E-state index in [9.17, 15) is 0 Å². The molecule has 0 spiro atoms. The number of hydrogen-bond donors (Lipinski definition) is 0. The van der Waals surface area contributed by atoms with Gasteiger partial charge in [0.25, 0.3) is 92.8 Å². The lowest BCUT2D eigenvalue weighted by molar-refractivity contribution is 0.248.